The molecular weight excluding hydrogens is 226 g/mol. The molecule has 0 aliphatic carbocycles. The van der Waals surface area contributed by atoms with Crippen molar-refractivity contribution in [3.63, 3.8) is 0 Å². The van der Waals surface area contributed by atoms with Gasteiger partial charge in [0.2, 0.25) is 0 Å². The normalized spacial score (nSPS) is 10.7. The van der Waals surface area contributed by atoms with Crippen molar-refractivity contribution in [1.82, 2.24) is 5.32 Å². The van der Waals surface area contributed by atoms with Crippen molar-refractivity contribution < 1.29 is 9.90 Å². The highest BCUT2D eigenvalue weighted by Crippen LogP contribution is 2.10. The molecule has 0 rings (SSSR count). The molecule has 0 unspecified atom stereocenters. The molecule has 0 spiro atoms. The summed E-state index contributed by atoms with van der Waals surface area (Å²) in [5.41, 5.74) is 0. The number of hydrogen-bond acceptors (Lipinski definition) is 2. The number of rotatable bonds is 14. The summed E-state index contributed by atoms with van der Waals surface area (Å²) in [5.74, 6) is -0.660. The number of unbranched alkanes of at least 4 members (excludes halogenated alkanes) is 8. The van der Waals surface area contributed by atoms with Gasteiger partial charge < -0.3 is 10.4 Å². The van der Waals surface area contributed by atoms with E-state index in [1.165, 1.54) is 57.9 Å². The van der Waals surface area contributed by atoms with Gasteiger partial charge in [-0.3, -0.25) is 4.79 Å². The molecular formula is C15H31NO2. The zero-order valence-corrected chi connectivity index (χ0v) is 12.0. The fourth-order valence-electron chi connectivity index (χ4n) is 2.07. The predicted molar refractivity (Wildman–Crippen MR) is 77.0 cm³/mol. The number of aliphatic carboxylic acids is 1. The summed E-state index contributed by atoms with van der Waals surface area (Å²) in [6.07, 6.45) is 12.6. The van der Waals surface area contributed by atoms with E-state index < -0.39 is 5.97 Å². The van der Waals surface area contributed by atoms with Crippen LogP contribution in [0.15, 0.2) is 0 Å². The van der Waals surface area contributed by atoms with Gasteiger partial charge in [0.15, 0.2) is 0 Å². The van der Waals surface area contributed by atoms with Crippen molar-refractivity contribution in [2.24, 2.45) is 0 Å². The van der Waals surface area contributed by atoms with E-state index in [4.69, 9.17) is 5.11 Å². The molecule has 0 aliphatic heterocycles. The Kier molecular flexibility index (Phi) is 14.0. The van der Waals surface area contributed by atoms with Crippen LogP contribution in [0.4, 0.5) is 0 Å². The number of carboxylic acids is 1. The van der Waals surface area contributed by atoms with Gasteiger partial charge in [-0.25, -0.2) is 0 Å². The molecule has 3 nitrogen and oxygen atoms in total. The Balaban J connectivity index is 2.92. The van der Waals surface area contributed by atoms with Crippen LogP contribution in [0.2, 0.25) is 0 Å². The van der Waals surface area contributed by atoms with Crippen LogP contribution in [0.5, 0.6) is 0 Å². The second-order valence-corrected chi connectivity index (χ2v) is 5.08. The van der Waals surface area contributed by atoms with E-state index in [9.17, 15) is 4.79 Å². The van der Waals surface area contributed by atoms with Crippen LogP contribution in [0.1, 0.15) is 77.6 Å². The first-order chi connectivity index (χ1) is 8.77. The molecule has 0 aromatic heterocycles. The Hall–Kier alpha value is -0.570. The van der Waals surface area contributed by atoms with Crippen LogP contribution in [0.25, 0.3) is 0 Å². The predicted octanol–water partition coefficient (Wildman–Crippen LogP) is 3.97. The second kappa shape index (κ2) is 14.5. The van der Waals surface area contributed by atoms with E-state index in [0.29, 0.717) is 6.42 Å². The molecule has 0 amide bonds. The quantitative estimate of drug-likeness (QED) is 0.463. The standard InChI is InChI=1S/C15H31NO2/c1-2-13-16-14-11-9-7-5-3-4-6-8-10-12-15(17)18/h16H,2-14H2,1H3,(H,17,18). The fourth-order valence-corrected chi connectivity index (χ4v) is 2.07. The van der Waals surface area contributed by atoms with E-state index in [1.54, 1.807) is 0 Å². The number of carbonyl (C=O) groups is 1. The minimum atomic E-state index is -0.660. The first-order valence-electron chi connectivity index (χ1n) is 7.70. The third kappa shape index (κ3) is 15.4. The van der Waals surface area contributed by atoms with Gasteiger partial charge in [0.1, 0.15) is 0 Å². The number of carboxylic acid groups (broad SMARTS) is 1. The third-order valence-corrected chi connectivity index (χ3v) is 3.17. The van der Waals surface area contributed by atoms with Crippen LogP contribution in [-0.4, -0.2) is 24.2 Å². The Morgan fingerprint density at radius 1 is 0.833 bits per heavy atom. The molecule has 0 aromatic rings. The van der Waals surface area contributed by atoms with Crippen molar-refractivity contribution in [1.29, 1.82) is 0 Å². The first-order valence-corrected chi connectivity index (χ1v) is 7.70. The van der Waals surface area contributed by atoms with Gasteiger partial charge in [0.05, 0.1) is 0 Å². The molecule has 2 N–H and O–H groups in total. The highest BCUT2D eigenvalue weighted by Gasteiger charge is 1.96. The lowest BCUT2D eigenvalue weighted by Gasteiger charge is -2.03. The number of hydrogen-bond donors (Lipinski definition) is 2. The van der Waals surface area contributed by atoms with Crippen molar-refractivity contribution in [2.75, 3.05) is 13.1 Å². The summed E-state index contributed by atoms with van der Waals surface area (Å²) < 4.78 is 0. The maximum absolute atomic E-state index is 10.3. The highest BCUT2D eigenvalue weighted by atomic mass is 16.4. The molecule has 108 valence electrons. The molecule has 0 aliphatic rings. The smallest absolute Gasteiger partial charge is 0.303 e. The van der Waals surface area contributed by atoms with Crippen molar-refractivity contribution in [3.8, 4) is 0 Å². The van der Waals surface area contributed by atoms with Gasteiger partial charge in [-0.15, -0.1) is 0 Å². The fraction of sp³-hybridized carbons (Fsp3) is 0.933. The monoisotopic (exact) mass is 257 g/mol. The molecule has 0 heterocycles. The lowest BCUT2D eigenvalue weighted by Crippen LogP contribution is -2.15. The molecule has 0 aromatic carbocycles. The summed E-state index contributed by atoms with van der Waals surface area (Å²) in [6.45, 7) is 4.52. The zero-order chi connectivity index (χ0) is 13.5. The largest absolute Gasteiger partial charge is 0.481 e. The molecule has 0 radical (unpaired) electrons. The Morgan fingerprint density at radius 2 is 1.33 bits per heavy atom. The number of nitrogens with one attached hydrogen (secondary N) is 1. The average molecular weight is 257 g/mol. The van der Waals surface area contributed by atoms with Gasteiger partial charge >= 0.3 is 5.97 Å². The lowest BCUT2D eigenvalue weighted by molar-refractivity contribution is -0.137. The Bertz CT molecular complexity index is 183. The van der Waals surface area contributed by atoms with Crippen molar-refractivity contribution in [3.05, 3.63) is 0 Å². The van der Waals surface area contributed by atoms with Crippen LogP contribution >= 0.6 is 0 Å². The molecule has 0 fully saturated rings. The van der Waals surface area contributed by atoms with Gasteiger partial charge in [0.25, 0.3) is 0 Å². The molecule has 0 atom stereocenters. The first kappa shape index (κ1) is 17.4. The summed E-state index contributed by atoms with van der Waals surface area (Å²) in [6, 6.07) is 0. The molecule has 3 heteroatoms. The molecule has 0 saturated heterocycles. The molecule has 0 bridgehead atoms. The minimum Gasteiger partial charge on any atom is -0.481 e. The maximum Gasteiger partial charge on any atom is 0.303 e. The van der Waals surface area contributed by atoms with E-state index >= 15 is 0 Å². The molecule has 0 saturated carbocycles. The SMILES string of the molecule is CCCNCCCCCCCCCCCC(=O)O. The lowest BCUT2D eigenvalue weighted by atomic mass is 10.1. The topological polar surface area (TPSA) is 49.3 Å². The summed E-state index contributed by atoms with van der Waals surface area (Å²) >= 11 is 0. The second-order valence-electron chi connectivity index (χ2n) is 5.08. The zero-order valence-electron chi connectivity index (χ0n) is 12.0. The summed E-state index contributed by atoms with van der Waals surface area (Å²) in [7, 11) is 0. The van der Waals surface area contributed by atoms with Crippen molar-refractivity contribution in [2.45, 2.75) is 77.6 Å². The Labute approximate surface area is 112 Å². The highest BCUT2D eigenvalue weighted by molar-refractivity contribution is 5.66. The van der Waals surface area contributed by atoms with E-state index in [1.807, 2.05) is 0 Å². The summed E-state index contributed by atoms with van der Waals surface area (Å²) in [5, 5.41) is 11.9. The third-order valence-electron chi connectivity index (χ3n) is 3.17. The van der Waals surface area contributed by atoms with Gasteiger partial charge in [-0.2, -0.15) is 0 Å². The Morgan fingerprint density at radius 3 is 1.83 bits per heavy atom. The van der Waals surface area contributed by atoms with Crippen LogP contribution in [0, 0.1) is 0 Å². The summed E-state index contributed by atoms with van der Waals surface area (Å²) in [4.78, 5) is 10.3. The van der Waals surface area contributed by atoms with E-state index in [2.05, 4.69) is 12.2 Å². The van der Waals surface area contributed by atoms with Crippen LogP contribution < -0.4 is 5.32 Å². The van der Waals surface area contributed by atoms with Gasteiger partial charge in [-0.05, 0) is 32.4 Å². The van der Waals surface area contributed by atoms with Crippen molar-refractivity contribution >= 4 is 5.97 Å². The average Bonchev–Trinajstić information content (AvgIpc) is 2.34. The van der Waals surface area contributed by atoms with Gasteiger partial charge in [0, 0.05) is 6.42 Å². The van der Waals surface area contributed by atoms with Gasteiger partial charge in [-0.1, -0.05) is 51.9 Å². The minimum absolute atomic E-state index is 0.338. The van der Waals surface area contributed by atoms with E-state index in [-0.39, 0.29) is 0 Å². The van der Waals surface area contributed by atoms with E-state index in [0.717, 1.165) is 19.4 Å². The molecule has 18 heavy (non-hydrogen) atoms. The van der Waals surface area contributed by atoms with Crippen LogP contribution in [-0.2, 0) is 4.79 Å². The maximum atomic E-state index is 10.3. The van der Waals surface area contributed by atoms with Crippen LogP contribution in [0.3, 0.4) is 0 Å².